The number of benzene rings is 1. The van der Waals surface area contributed by atoms with Gasteiger partial charge in [0.15, 0.2) is 5.11 Å². The first-order chi connectivity index (χ1) is 11.6. The summed E-state index contributed by atoms with van der Waals surface area (Å²) >= 11 is 10.9. The van der Waals surface area contributed by atoms with Crippen LogP contribution in [-0.4, -0.2) is 35.6 Å². The van der Waals surface area contributed by atoms with E-state index in [0.29, 0.717) is 17.3 Å². The van der Waals surface area contributed by atoms with E-state index >= 15 is 0 Å². The first kappa shape index (κ1) is 17.0. The molecule has 0 bridgehead atoms. The van der Waals surface area contributed by atoms with Gasteiger partial charge in [0, 0.05) is 17.2 Å². The van der Waals surface area contributed by atoms with Crippen LogP contribution in [0.2, 0.25) is 5.02 Å². The summed E-state index contributed by atoms with van der Waals surface area (Å²) in [7, 11) is 0. The van der Waals surface area contributed by atoms with Gasteiger partial charge in [0.1, 0.15) is 11.5 Å². The van der Waals surface area contributed by atoms with Crippen LogP contribution in [0.15, 0.2) is 45.9 Å². The zero-order valence-electron chi connectivity index (χ0n) is 13.0. The predicted octanol–water partition coefficient (Wildman–Crippen LogP) is 3.66. The largest absolute Gasteiger partial charge is 0.455 e. The number of nitrogens with zero attached hydrogens (tertiary/aromatic N) is 2. The lowest BCUT2D eigenvalue weighted by atomic mass is 10.2. The van der Waals surface area contributed by atoms with E-state index in [4.69, 9.17) is 38.7 Å². The van der Waals surface area contributed by atoms with E-state index in [1.165, 1.54) is 0 Å². The third-order valence-corrected chi connectivity index (χ3v) is 4.20. The smallest absolute Gasteiger partial charge is 0.187 e. The molecule has 0 spiro atoms. The van der Waals surface area contributed by atoms with Crippen LogP contribution < -0.4 is 5.73 Å². The van der Waals surface area contributed by atoms with Gasteiger partial charge in [0.2, 0.25) is 0 Å². The van der Waals surface area contributed by atoms with E-state index in [2.05, 4.69) is 5.10 Å². The second-order valence-electron chi connectivity index (χ2n) is 5.51. The number of hydrazone groups is 1. The molecule has 3 rings (SSSR count). The number of ether oxygens (including phenoxy) is 1. The Morgan fingerprint density at radius 1 is 1.33 bits per heavy atom. The molecule has 126 valence electrons. The molecule has 2 heterocycles. The normalized spacial score (nSPS) is 17.5. The van der Waals surface area contributed by atoms with Crippen LogP contribution in [0, 0.1) is 0 Å². The van der Waals surface area contributed by atoms with E-state index < -0.39 is 0 Å². The molecule has 24 heavy (non-hydrogen) atoms. The van der Waals surface area contributed by atoms with Crippen LogP contribution in [0.4, 0.5) is 0 Å². The second kappa shape index (κ2) is 7.79. The van der Waals surface area contributed by atoms with Crippen molar-refractivity contribution >= 4 is 35.1 Å². The molecule has 2 aromatic rings. The minimum atomic E-state index is 0.116. The molecule has 1 atom stereocenters. The van der Waals surface area contributed by atoms with Crippen molar-refractivity contribution in [1.82, 2.24) is 5.01 Å². The molecular formula is C17H18ClN3O2S. The van der Waals surface area contributed by atoms with Gasteiger partial charge in [-0.05, 0) is 61.5 Å². The molecule has 1 saturated heterocycles. The van der Waals surface area contributed by atoms with Gasteiger partial charge >= 0.3 is 0 Å². The molecular weight excluding hydrogens is 346 g/mol. The lowest BCUT2D eigenvalue weighted by molar-refractivity contribution is 0.0923. The Morgan fingerprint density at radius 2 is 2.12 bits per heavy atom. The molecule has 0 saturated carbocycles. The van der Waals surface area contributed by atoms with Crippen molar-refractivity contribution in [1.29, 1.82) is 0 Å². The van der Waals surface area contributed by atoms with E-state index in [9.17, 15) is 0 Å². The summed E-state index contributed by atoms with van der Waals surface area (Å²) in [6.45, 7) is 1.33. The topological polar surface area (TPSA) is 64.0 Å². The van der Waals surface area contributed by atoms with Gasteiger partial charge in [-0.15, -0.1) is 0 Å². The quantitative estimate of drug-likeness (QED) is 0.499. The van der Waals surface area contributed by atoms with Crippen LogP contribution in [0.1, 0.15) is 18.6 Å². The van der Waals surface area contributed by atoms with Crippen LogP contribution in [-0.2, 0) is 4.74 Å². The summed E-state index contributed by atoms with van der Waals surface area (Å²) in [6, 6.07) is 11.2. The Bertz CT molecular complexity index is 724. The highest BCUT2D eigenvalue weighted by Crippen LogP contribution is 2.23. The van der Waals surface area contributed by atoms with E-state index in [1.807, 2.05) is 36.4 Å². The molecule has 1 aromatic carbocycles. The van der Waals surface area contributed by atoms with Gasteiger partial charge < -0.3 is 14.9 Å². The summed E-state index contributed by atoms with van der Waals surface area (Å²) in [5.41, 5.74) is 6.68. The van der Waals surface area contributed by atoms with E-state index in [1.54, 1.807) is 11.2 Å². The van der Waals surface area contributed by atoms with Crippen LogP contribution in [0.25, 0.3) is 11.3 Å². The van der Waals surface area contributed by atoms with Crippen LogP contribution in [0.3, 0.4) is 0 Å². The maximum Gasteiger partial charge on any atom is 0.187 e. The Hall–Kier alpha value is -1.89. The first-order valence-electron chi connectivity index (χ1n) is 7.70. The minimum Gasteiger partial charge on any atom is -0.455 e. The minimum absolute atomic E-state index is 0.116. The van der Waals surface area contributed by atoms with Crippen molar-refractivity contribution in [3.05, 3.63) is 47.2 Å². The average Bonchev–Trinajstić information content (AvgIpc) is 3.23. The van der Waals surface area contributed by atoms with Crippen molar-refractivity contribution in [2.24, 2.45) is 10.8 Å². The van der Waals surface area contributed by atoms with Gasteiger partial charge in [-0.2, -0.15) is 5.10 Å². The molecule has 5 nitrogen and oxygen atoms in total. The number of hydrogen-bond donors (Lipinski definition) is 1. The van der Waals surface area contributed by atoms with Crippen molar-refractivity contribution in [2.45, 2.75) is 18.9 Å². The zero-order chi connectivity index (χ0) is 16.9. The molecule has 2 N–H and O–H groups in total. The summed E-state index contributed by atoms with van der Waals surface area (Å²) in [6.07, 6.45) is 3.77. The maximum atomic E-state index is 5.90. The molecule has 7 heteroatoms. The Kier molecular flexibility index (Phi) is 5.50. The van der Waals surface area contributed by atoms with Gasteiger partial charge in [-0.1, -0.05) is 11.6 Å². The third kappa shape index (κ3) is 4.35. The average molecular weight is 364 g/mol. The van der Waals surface area contributed by atoms with Gasteiger partial charge in [0.25, 0.3) is 0 Å². The zero-order valence-corrected chi connectivity index (χ0v) is 14.6. The molecule has 1 fully saturated rings. The molecule has 1 aliphatic heterocycles. The summed E-state index contributed by atoms with van der Waals surface area (Å²) in [5, 5.41) is 6.79. The lowest BCUT2D eigenvalue weighted by Crippen LogP contribution is -2.36. The monoisotopic (exact) mass is 363 g/mol. The predicted molar refractivity (Wildman–Crippen MR) is 99.2 cm³/mol. The summed E-state index contributed by atoms with van der Waals surface area (Å²) < 4.78 is 11.4. The number of hydrogen-bond acceptors (Lipinski definition) is 4. The van der Waals surface area contributed by atoms with Gasteiger partial charge in [-0.25, -0.2) is 5.01 Å². The fourth-order valence-corrected chi connectivity index (χ4v) is 2.74. The summed E-state index contributed by atoms with van der Waals surface area (Å²) in [5.74, 6) is 1.36. The van der Waals surface area contributed by atoms with Gasteiger partial charge in [0.05, 0.1) is 18.9 Å². The second-order valence-corrected chi connectivity index (χ2v) is 6.36. The number of thiocarbonyl (C=S) groups is 1. The third-order valence-electron chi connectivity index (χ3n) is 3.73. The van der Waals surface area contributed by atoms with Crippen molar-refractivity contribution in [3.63, 3.8) is 0 Å². The van der Waals surface area contributed by atoms with Crippen LogP contribution in [0.5, 0.6) is 0 Å². The van der Waals surface area contributed by atoms with Crippen molar-refractivity contribution in [2.75, 3.05) is 13.2 Å². The van der Waals surface area contributed by atoms with Gasteiger partial charge in [-0.3, -0.25) is 0 Å². The number of halogens is 1. The number of rotatable bonds is 5. The fraction of sp³-hybridized carbons (Fsp3) is 0.294. The standard InChI is InChI=1S/C17H18ClN3O2S/c18-13-5-3-12(4-6-13)16-8-7-14(23-16)10-20-21(17(19)24)11-15-2-1-9-22-15/h3-8,10,15H,1-2,9,11H2,(H2,19,24). The van der Waals surface area contributed by atoms with E-state index in [0.717, 1.165) is 30.8 Å². The molecule has 0 amide bonds. The Labute approximate surface area is 151 Å². The molecule has 0 aliphatic carbocycles. The highest BCUT2D eigenvalue weighted by Gasteiger charge is 2.19. The SMILES string of the molecule is NC(=S)N(CC1CCCO1)N=Cc1ccc(-c2ccc(Cl)cc2)o1. The van der Waals surface area contributed by atoms with Crippen molar-refractivity contribution < 1.29 is 9.15 Å². The molecule has 1 unspecified atom stereocenters. The number of furan rings is 1. The maximum absolute atomic E-state index is 5.90. The molecule has 1 aromatic heterocycles. The Morgan fingerprint density at radius 3 is 2.79 bits per heavy atom. The lowest BCUT2D eigenvalue weighted by Gasteiger charge is -2.20. The molecule has 1 aliphatic rings. The highest BCUT2D eigenvalue weighted by molar-refractivity contribution is 7.80. The molecule has 0 radical (unpaired) electrons. The Balaban J connectivity index is 1.68. The number of nitrogens with two attached hydrogens (primary N) is 1. The first-order valence-corrected chi connectivity index (χ1v) is 8.49. The van der Waals surface area contributed by atoms with Crippen LogP contribution >= 0.6 is 23.8 Å². The summed E-state index contributed by atoms with van der Waals surface area (Å²) in [4.78, 5) is 0. The van der Waals surface area contributed by atoms with E-state index in [-0.39, 0.29) is 11.2 Å². The van der Waals surface area contributed by atoms with Crippen molar-refractivity contribution in [3.8, 4) is 11.3 Å². The highest BCUT2D eigenvalue weighted by atomic mass is 35.5. The fourth-order valence-electron chi connectivity index (χ4n) is 2.49.